The first-order chi connectivity index (χ1) is 9.24. The van der Waals surface area contributed by atoms with Crippen molar-refractivity contribution in [2.75, 3.05) is 0 Å². The van der Waals surface area contributed by atoms with E-state index in [0.717, 1.165) is 11.8 Å². The van der Waals surface area contributed by atoms with Crippen molar-refractivity contribution in [2.45, 2.75) is 26.2 Å². The molecule has 0 radical (unpaired) electrons. The van der Waals surface area contributed by atoms with Crippen molar-refractivity contribution in [2.24, 2.45) is 5.92 Å². The zero-order valence-corrected chi connectivity index (χ0v) is 11.6. The molecule has 0 saturated heterocycles. The van der Waals surface area contributed by atoms with E-state index >= 15 is 0 Å². The Morgan fingerprint density at radius 1 is 0.947 bits per heavy atom. The Balaban J connectivity index is 1.68. The van der Waals surface area contributed by atoms with E-state index in [9.17, 15) is 0 Å². The second kappa shape index (κ2) is 5.05. The van der Waals surface area contributed by atoms with Crippen molar-refractivity contribution < 1.29 is 0 Å². The number of hydrogen-bond acceptors (Lipinski definition) is 0. The maximum Gasteiger partial charge on any atom is -0.00929 e. The second-order valence-electron chi connectivity index (χ2n) is 5.63. The number of aryl methyl sites for hydroxylation is 2. The number of allylic oxidation sites excluding steroid dienone is 1. The summed E-state index contributed by atoms with van der Waals surface area (Å²) in [6, 6.07) is 17.6. The molecule has 2 aromatic carbocycles. The summed E-state index contributed by atoms with van der Waals surface area (Å²) < 4.78 is 0. The van der Waals surface area contributed by atoms with Crippen LogP contribution >= 0.6 is 0 Å². The van der Waals surface area contributed by atoms with Gasteiger partial charge in [-0.3, -0.25) is 0 Å². The summed E-state index contributed by atoms with van der Waals surface area (Å²) in [5.41, 5.74) is 5.53. The molecule has 1 aliphatic rings. The van der Waals surface area contributed by atoms with Crippen LogP contribution in [0.2, 0.25) is 0 Å². The third kappa shape index (κ3) is 2.78. The van der Waals surface area contributed by atoms with E-state index in [1.807, 2.05) is 0 Å². The van der Waals surface area contributed by atoms with Gasteiger partial charge in [0.15, 0.2) is 0 Å². The molecule has 0 bridgehead atoms. The van der Waals surface area contributed by atoms with Crippen LogP contribution in [0, 0.1) is 19.8 Å². The molecule has 1 aliphatic carbocycles. The minimum Gasteiger partial charge on any atom is -0.0802 e. The summed E-state index contributed by atoms with van der Waals surface area (Å²) in [6.45, 7) is 4.32. The third-order valence-electron chi connectivity index (χ3n) is 4.06. The minimum absolute atomic E-state index is 0.724. The summed E-state index contributed by atoms with van der Waals surface area (Å²) >= 11 is 0. The zero-order chi connectivity index (χ0) is 13.2. The van der Waals surface area contributed by atoms with E-state index < -0.39 is 0 Å². The molecule has 1 saturated carbocycles. The van der Waals surface area contributed by atoms with E-state index in [0.29, 0.717) is 0 Å². The lowest BCUT2D eigenvalue weighted by Gasteiger charge is -2.00. The van der Waals surface area contributed by atoms with Gasteiger partial charge in [0.1, 0.15) is 0 Å². The van der Waals surface area contributed by atoms with Gasteiger partial charge in [0.2, 0.25) is 0 Å². The molecular weight excluding hydrogens is 228 g/mol. The van der Waals surface area contributed by atoms with Gasteiger partial charge in [0, 0.05) is 0 Å². The molecule has 2 aromatic rings. The Labute approximate surface area is 115 Å². The Kier molecular flexibility index (Phi) is 3.25. The summed E-state index contributed by atoms with van der Waals surface area (Å²) in [5.74, 6) is 1.46. The first-order valence-electron chi connectivity index (χ1n) is 7.04. The average molecular weight is 248 g/mol. The standard InChI is InChI=1S/C19H20/c1-14-7-9-17(10-8-14)19-13-18(19)12-11-16-6-4-3-5-15(16)2/h3-12,18-19H,13H2,1-2H3/b12-11+/t18-,19-/m0/s1. The fraction of sp³-hybridized carbons (Fsp3) is 0.263. The van der Waals surface area contributed by atoms with Crippen LogP contribution in [-0.4, -0.2) is 0 Å². The Hall–Kier alpha value is -1.82. The highest BCUT2D eigenvalue weighted by molar-refractivity contribution is 5.54. The van der Waals surface area contributed by atoms with Gasteiger partial charge in [-0.25, -0.2) is 0 Å². The molecule has 2 atom stereocenters. The van der Waals surface area contributed by atoms with Gasteiger partial charge in [-0.05, 0) is 48.8 Å². The molecular formula is C19H20. The lowest BCUT2D eigenvalue weighted by molar-refractivity contribution is 1.01. The summed E-state index contributed by atoms with van der Waals surface area (Å²) in [5, 5.41) is 0. The van der Waals surface area contributed by atoms with Gasteiger partial charge >= 0.3 is 0 Å². The van der Waals surface area contributed by atoms with Gasteiger partial charge in [0.25, 0.3) is 0 Å². The van der Waals surface area contributed by atoms with E-state index in [1.54, 1.807) is 0 Å². The van der Waals surface area contributed by atoms with Crippen molar-refractivity contribution in [3.05, 3.63) is 76.9 Å². The van der Waals surface area contributed by atoms with Crippen LogP contribution in [0.25, 0.3) is 6.08 Å². The third-order valence-corrected chi connectivity index (χ3v) is 4.06. The summed E-state index contributed by atoms with van der Waals surface area (Å²) in [7, 11) is 0. The van der Waals surface area contributed by atoms with E-state index in [1.165, 1.54) is 28.7 Å². The summed E-state index contributed by atoms with van der Waals surface area (Å²) in [6.07, 6.45) is 5.96. The molecule has 96 valence electrons. The molecule has 0 aromatic heterocycles. The number of rotatable bonds is 3. The molecule has 0 nitrogen and oxygen atoms in total. The quantitative estimate of drug-likeness (QED) is 0.707. The maximum atomic E-state index is 2.38. The lowest BCUT2D eigenvalue weighted by atomic mass is 10.1. The molecule has 19 heavy (non-hydrogen) atoms. The molecule has 0 N–H and O–H groups in total. The molecule has 1 fully saturated rings. The molecule has 0 amide bonds. The Morgan fingerprint density at radius 3 is 2.42 bits per heavy atom. The second-order valence-corrected chi connectivity index (χ2v) is 5.63. The highest BCUT2D eigenvalue weighted by atomic mass is 14.4. The first kappa shape index (κ1) is 12.2. The highest BCUT2D eigenvalue weighted by Crippen LogP contribution is 2.48. The summed E-state index contributed by atoms with van der Waals surface area (Å²) in [4.78, 5) is 0. The van der Waals surface area contributed by atoms with Crippen LogP contribution in [0.15, 0.2) is 54.6 Å². The predicted molar refractivity (Wildman–Crippen MR) is 82.2 cm³/mol. The van der Waals surface area contributed by atoms with Crippen LogP contribution in [0.5, 0.6) is 0 Å². The van der Waals surface area contributed by atoms with Crippen molar-refractivity contribution in [1.29, 1.82) is 0 Å². The van der Waals surface area contributed by atoms with Crippen LogP contribution in [0.3, 0.4) is 0 Å². The fourth-order valence-electron chi connectivity index (χ4n) is 2.63. The van der Waals surface area contributed by atoms with E-state index in [2.05, 4.69) is 74.5 Å². The van der Waals surface area contributed by atoms with Gasteiger partial charge < -0.3 is 0 Å². The van der Waals surface area contributed by atoms with Crippen LogP contribution in [0.1, 0.15) is 34.6 Å². The van der Waals surface area contributed by atoms with Gasteiger partial charge in [-0.15, -0.1) is 0 Å². The first-order valence-corrected chi connectivity index (χ1v) is 7.04. The molecule has 0 aliphatic heterocycles. The monoisotopic (exact) mass is 248 g/mol. The Bertz CT molecular complexity index is 590. The van der Waals surface area contributed by atoms with Gasteiger partial charge in [0.05, 0.1) is 0 Å². The zero-order valence-electron chi connectivity index (χ0n) is 11.6. The lowest BCUT2D eigenvalue weighted by Crippen LogP contribution is -1.82. The van der Waals surface area contributed by atoms with Crippen LogP contribution < -0.4 is 0 Å². The molecule has 0 spiro atoms. The normalized spacial score (nSPS) is 21.8. The Morgan fingerprint density at radius 2 is 1.68 bits per heavy atom. The average Bonchev–Trinajstić information content (AvgIpc) is 3.18. The number of hydrogen-bond donors (Lipinski definition) is 0. The number of benzene rings is 2. The largest absolute Gasteiger partial charge is 0.0802 e. The fourth-order valence-corrected chi connectivity index (χ4v) is 2.63. The van der Waals surface area contributed by atoms with Gasteiger partial charge in [-0.1, -0.05) is 66.2 Å². The highest BCUT2D eigenvalue weighted by Gasteiger charge is 2.35. The maximum absolute atomic E-state index is 2.38. The van der Waals surface area contributed by atoms with Crippen LogP contribution in [0.4, 0.5) is 0 Å². The molecule has 0 heterocycles. The smallest absolute Gasteiger partial charge is 0.00929 e. The van der Waals surface area contributed by atoms with E-state index in [4.69, 9.17) is 0 Å². The van der Waals surface area contributed by atoms with Crippen molar-refractivity contribution >= 4 is 6.08 Å². The van der Waals surface area contributed by atoms with Crippen molar-refractivity contribution in [3.63, 3.8) is 0 Å². The van der Waals surface area contributed by atoms with Crippen LogP contribution in [-0.2, 0) is 0 Å². The van der Waals surface area contributed by atoms with Gasteiger partial charge in [-0.2, -0.15) is 0 Å². The molecule has 3 rings (SSSR count). The molecule has 0 heteroatoms. The topological polar surface area (TPSA) is 0 Å². The van der Waals surface area contributed by atoms with Crippen molar-refractivity contribution in [3.8, 4) is 0 Å². The van der Waals surface area contributed by atoms with Crippen molar-refractivity contribution in [1.82, 2.24) is 0 Å². The predicted octanol–water partition coefficient (Wildman–Crippen LogP) is 5.12. The molecule has 0 unspecified atom stereocenters. The SMILES string of the molecule is Cc1ccc([C@@H]2C[C@@H]2/C=C/c2ccccc2C)cc1. The van der Waals surface area contributed by atoms with E-state index in [-0.39, 0.29) is 0 Å². The minimum atomic E-state index is 0.724.